The Hall–Kier alpha value is -0.875. The van der Waals surface area contributed by atoms with Crippen LogP contribution in [-0.4, -0.2) is 56.4 Å². The number of carbonyl (C=O) groups is 4. The van der Waals surface area contributed by atoms with Crippen molar-refractivity contribution in [3.8, 4) is 0 Å². The maximum Gasteiger partial charge on any atom is 0.321 e. The minimum absolute atomic E-state index is 0. The molecule has 8 N–H and O–H groups in total. The van der Waals surface area contributed by atoms with Gasteiger partial charge in [-0.3, -0.25) is 19.2 Å². The molecule has 12 heteroatoms. The van der Waals surface area contributed by atoms with Gasteiger partial charge in [0.2, 0.25) is 0 Å². The van der Waals surface area contributed by atoms with E-state index in [0.29, 0.717) is 0 Å². The second-order valence-electron chi connectivity index (χ2n) is 3.09. The fourth-order valence-corrected chi connectivity index (χ4v) is 0.551. The molecule has 0 aliphatic heterocycles. The van der Waals surface area contributed by atoms with Crippen LogP contribution in [-0.2, 0) is 60.0 Å². The van der Waals surface area contributed by atoms with Gasteiger partial charge in [-0.1, -0.05) is 0 Å². The summed E-state index contributed by atoms with van der Waals surface area (Å²) in [5.41, 5.74) is 9.67. The Bertz CT molecular complexity index is 306. The number of hydrogen-bond donors (Lipinski definition) is 6. The molecule has 0 aromatic carbocycles. The molecule has 0 radical (unpaired) electrons. The molecule has 0 heterocycles. The van der Waals surface area contributed by atoms with E-state index in [1.54, 1.807) is 0 Å². The number of carboxylic acids is 4. The van der Waals surface area contributed by atoms with E-state index in [2.05, 4.69) is 0 Å². The maximum absolute atomic E-state index is 9.85. The molecule has 0 unspecified atom stereocenters. The van der Waals surface area contributed by atoms with Gasteiger partial charge in [0, 0.05) is 40.8 Å². The summed E-state index contributed by atoms with van der Waals surface area (Å²) in [5.74, 6) is -5.00. The molecule has 0 fully saturated rings. The van der Waals surface area contributed by atoms with Gasteiger partial charge in [-0.2, -0.15) is 0 Å². The van der Waals surface area contributed by atoms with Crippen molar-refractivity contribution in [2.75, 3.05) is 0 Å². The van der Waals surface area contributed by atoms with Crippen LogP contribution in [0.4, 0.5) is 0 Å². The second-order valence-corrected chi connectivity index (χ2v) is 3.09. The molecule has 20 heavy (non-hydrogen) atoms. The summed E-state index contributed by atoms with van der Waals surface area (Å²) in [7, 11) is 0. The normalized spacial score (nSPS) is 11.3. The molecular weight excluding hydrogens is 465 g/mol. The summed E-state index contributed by atoms with van der Waals surface area (Å²) >= 11 is 0. The van der Waals surface area contributed by atoms with Gasteiger partial charge in [-0.15, -0.1) is 0 Å². The topological polar surface area (TPSA) is 201 Å². The molecule has 0 aromatic rings. The average molecular weight is 479 g/mol. The number of aliphatic carboxylic acids is 4. The molecule has 2 atom stereocenters. The molecule has 0 aliphatic rings. The van der Waals surface area contributed by atoms with Crippen molar-refractivity contribution in [3.63, 3.8) is 0 Å². The Morgan fingerprint density at radius 1 is 0.700 bits per heavy atom. The van der Waals surface area contributed by atoms with Crippen LogP contribution in [0.2, 0.25) is 0 Å². The number of carboxylic acid groups (broad SMARTS) is 4. The van der Waals surface area contributed by atoms with Crippen molar-refractivity contribution in [3.05, 3.63) is 0 Å². The molecule has 0 bridgehead atoms. The third kappa shape index (κ3) is 19.5. The van der Waals surface area contributed by atoms with Crippen LogP contribution < -0.4 is 11.5 Å². The third-order valence-corrected chi connectivity index (χ3v) is 1.42. The summed E-state index contributed by atoms with van der Waals surface area (Å²) in [5, 5.41) is 32.1. The summed E-state index contributed by atoms with van der Waals surface area (Å²) in [6.45, 7) is 0. The predicted molar refractivity (Wildman–Crippen MR) is 55.7 cm³/mol. The first-order valence-corrected chi connectivity index (χ1v) is 4.48. The molecule has 0 aromatic heterocycles. The first-order valence-electron chi connectivity index (χ1n) is 4.48. The Morgan fingerprint density at radius 3 is 0.950 bits per heavy atom. The summed E-state index contributed by atoms with van der Waals surface area (Å²) < 4.78 is 0. The van der Waals surface area contributed by atoms with Crippen LogP contribution >= 0.6 is 0 Å². The summed E-state index contributed by atoms with van der Waals surface area (Å²) in [6, 6.07) is -2.58. The number of nitrogens with two attached hydrogens (primary N) is 2. The van der Waals surface area contributed by atoms with Gasteiger partial charge in [-0.05, 0) is 0 Å². The molecule has 10 nitrogen and oxygen atoms in total. The van der Waals surface area contributed by atoms with Gasteiger partial charge < -0.3 is 31.9 Å². The zero-order valence-corrected chi connectivity index (χ0v) is 12.9. The zero-order valence-electron chi connectivity index (χ0n) is 9.78. The molecule has 0 aliphatic carbocycles. The molecule has 0 saturated heterocycles. The second kappa shape index (κ2) is 14.5. The van der Waals surface area contributed by atoms with E-state index in [4.69, 9.17) is 31.9 Å². The van der Waals surface area contributed by atoms with Crippen molar-refractivity contribution < 1.29 is 80.4 Å². The van der Waals surface area contributed by atoms with Gasteiger partial charge in [-0.25, -0.2) is 0 Å². The van der Waals surface area contributed by atoms with Crippen molar-refractivity contribution in [1.82, 2.24) is 0 Å². The molecule has 0 rings (SSSR count). The van der Waals surface area contributed by atoms with E-state index < -0.39 is 48.8 Å². The number of hydrogen-bond acceptors (Lipinski definition) is 6. The monoisotopic (exact) mass is 478 g/mol. The van der Waals surface area contributed by atoms with Crippen molar-refractivity contribution >= 4 is 23.9 Å². The fourth-order valence-electron chi connectivity index (χ4n) is 0.551. The van der Waals surface area contributed by atoms with Gasteiger partial charge in [0.05, 0.1) is 12.8 Å². The van der Waals surface area contributed by atoms with Crippen molar-refractivity contribution in [2.45, 2.75) is 24.9 Å². The van der Waals surface area contributed by atoms with Crippen LogP contribution in [0.1, 0.15) is 12.8 Å². The van der Waals surface area contributed by atoms with Crippen LogP contribution in [0.15, 0.2) is 0 Å². The Labute approximate surface area is 140 Å². The van der Waals surface area contributed by atoms with E-state index in [1.165, 1.54) is 0 Å². The smallest absolute Gasteiger partial charge is 0.321 e. The van der Waals surface area contributed by atoms with Crippen molar-refractivity contribution in [1.29, 1.82) is 0 Å². The van der Waals surface area contributed by atoms with Crippen LogP contribution in [0.5, 0.6) is 0 Å². The van der Waals surface area contributed by atoms with E-state index in [0.717, 1.165) is 0 Å². The van der Waals surface area contributed by atoms with E-state index in [9.17, 15) is 19.2 Å². The third-order valence-electron chi connectivity index (χ3n) is 1.42. The Balaban J connectivity index is -0.000000116. The first-order chi connectivity index (χ1) is 8.07. The Morgan fingerprint density at radius 2 is 0.900 bits per heavy atom. The van der Waals surface area contributed by atoms with Crippen molar-refractivity contribution in [2.24, 2.45) is 11.5 Å². The fraction of sp³-hybridized carbons (Fsp3) is 0.500. The maximum atomic E-state index is 9.85. The molecule has 0 spiro atoms. The van der Waals surface area contributed by atoms with Gasteiger partial charge in [0.25, 0.3) is 0 Å². The SMILES string of the molecule is N[C@H](CC(=O)O)C(=O)O.N[C@H](CC(=O)O)C(=O)O.[Pd].[Pd]. The van der Waals surface area contributed by atoms with Gasteiger partial charge >= 0.3 is 23.9 Å². The quantitative estimate of drug-likeness (QED) is 0.226. The van der Waals surface area contributed by atoms with E-state index >= 15 is 0 Å². The average Bonchev–Trinajstić information content (AvgIpc) is 2.16. The largest absolute Gasteiger partial charge is 0.481 e. The van der Waals surface area contributed by atoms with Crippen LogP contribution in [0.25, 0.3) is 0 Å². The van der Waals surface area contributed by atoms with Gasteiger partial charge in [0.15, 0.2) is 0 Å². The standard InChI is InChI=1S/2C4H7NO4.2Pd/c2*5-2(4(8)9)1-3(6)7;;/h2*2H,1,5H2,(H,6,7)(H,8,9);;/t2*2-;;/m11../s1. The molecular formula is C8H14N2O8Pd2. The minimum atomic E-state index is -1.29. The van der Waals surface area contributed by atoms with Gasteiger partial charge in [0.1, 0.15) is 12.1 Å². The Kier molecular flexibility index (Phi) is 20.0. The van der Waals surface area contributed by atoms with Crippen LogP contribution in [0, 0.1) is 0 Å². The molecule has 124 valence electrons. The van der Waals surface area contributed by atoms with E-state index in [1.807, 2.05) is 0 Å². The summed E-state index contributed by atoms with van der Waals surface area (Å²) in [4.78, 5) is 39.2. The number of rotatable bonds is 6. The molecule has 0 saturated carbocycles. The molecule has 0 amide bonds. The predicted octanol–water partition coefficient (Wildman–Crippen LogP) is -2.26. The zero-order chi connectivity index (χ0) is 14.9. The van der Waals surface area contributed by atoms with E-state index in [-0.39, 0.29) is 40.8 Å². The van der Waals surface area contributed by atoms with Crippen LogP contribution in [0.3, 0.4) is 0 Å². The summed E-state index contributed by atoms with van der Waals surface area (Å²) in [6.07, 6.45) is -1.06. The minimum Gasteiger partial charge on any atom is -0.481 e. The first kappa shape index (κ1) is 27.5.